The third kappa shape index (κ3) is 4.35. The van der Waals surface area contributed by atoms with E-state index in [2.05, 4.69) is 5.32 Å². The number of amides is 2. The molecule has 130 valence electrons. The quantitative estimate of drug-likeness (QED) is 0.814. The van der Waals surface area contributed by atoms with Gasteiger partial charge in [-0.05, 0) is 31.7 Å². The summed E-state index contributed by atoms with van der Waals surface area (Å²) in [6, 6.07) is 10.0. The minimum absolute atomic E-state index is 0.0176. The second kappa shape index (κ2) is 7.79. The Kier molecular flexibility index (Phi) is 5.51. The lowest BCUT2D eigenvalue weighted by molar-refractivity contribution is -0.144. The van der Waals surface area contributed by atoms with Crippen molar-refractivity contribution < 1.29 is 14.3 Å². The standard InChI is InChI=1S/C19H26N2O3/c1-14-12-21(17(13-24-14)15-6-3-2-4-7-15)18(22)8-5-11-20-19(23)16-9-10-16/h2-4,6-7,14,16-17H,5,8-13H2,1H3,(H,20,23)/t14-,17-/m0/s1. The molecule has 5 nitrogen and oxygen atoms in total. The van der Waals surface area contributed by atoms with Gasteiger partial charge < -0.3 is 15.0 Å². The molecule has 1 saturated heterocycles. The van der Waals surface area contributed by atoms with E-state index >= 15 is 0 Å². The second-order valence-electron chi connectivity index (χ2n) is 6.79. The highest BCUT2D eigenvalue weighted by atomic mass is 16.5. The zero-order chi connectivity index (χ0) is 16.9. The maximum absolute atomic E-state index is 12.7. The number of hydrogen-bond donors (Lipinski definition) is 1. The summed E-state index contributed by atoms with van der Waals surface area (Å²) >= 11 is 0. The molecule has 1 aliphatic carbocycles. The van der Waals surface area contributed by atoms with Gasteiger partial charge in [0.2, 0.25) is 11.8 Å². The van der Waals surface area contributed by atoms with Gasteiger partial charge in [0.05, 0.1) is 18.8 Å². The fraction of sp³-hybridized carbons (Fsp3) is 0.579. The van der Waals surface area contributed by atoms with Crippen LogP contribution in [0, 0.1) is 5.92 Å². The number of carbonyl (C=O) groups excluding carboxylic acids is 2. The highest BCUT2D eigenvalue weighted by molar-refractivity contribution is 5.81. The van der Waals surface area contributed by atoms with Crippen LogP contribution in [0.15, 0.2) is 30.3 Å². The van der Waals surface area contributed by atoms with Crippen LogP contribution in [0.25, 0.3) is 0 Å². The molecular weight excluding hydrogens is 304 g/mol. The largest absolute Gasteiger partial charge is 0.374 e. The molecule has 2 fully saturated rings. The van der Waals surface area contributed by atoms with Gasteiger partial charge in [-0.15, -0.1) is 0 Å². The lowest BCUT2D eigenvalue weighted by Gasteiger charge is -2.39. The van der Waals surface area contributed by atoms with Crippen molar-refractivity contribution in [2.45, 2.75) is 44.8 Å². The molecule has 24 heavy (non-hydrogen) atoms. The molecule has 1 saturated carbocycles. The van der Waals surface area contributed by atoms with Gasteiger partial charge in [0.15, 0.2) is 0 Å². The molecule has 0 aromatic heterocycles. The average Bonchev–Trinajstić information content (AvgIpc) is 3.44. The Balaban J connectivity index is 1.52. The normalized spacial score (nSPS) is 23.8. The molecule has 0 radical (unpaired) electrons. The van der Waals surface area contributed by atoms with Crippen molar-refractivity contribution in [3.05, 3.63) is 35.9 Å². The van der Waals surface area contributed by atoms with Crippen LogP contribution in [0.3, 0.4) is 0 Å². The second-order valence-corrected chi connectivity index (χ2v) is 6.79. The summed E-state index contributed by atoms with van der Waals surface area (Å²) in [7, 11) is 0. The SMILES string of the molecule is C[C@H]1CN(C(=O)CCCNC(=O)C2CC2)[C@H](c2ccccc2)CO1. The van der Waals surface area contributed by atoms with Gasteiger partial charge in [0.1, 0.15) is 0 Å². The lowest BCUT2D eigenvalue weighted by atomic mass is 10.0. The van der Waals surface area contributed by atoms with Crippen LogP contribution in [0.2, 0.25) is 0 Å². The van der Waals surface area contributed by atoms with Gasteiger partial charge in [0, 0.05) is 25.4 Å². The fourth-order valence-corrected chi connectivity index (χ4v) is 3.11. The van der Waals surface area contributed by atoms with E-state index in [1.807, 2.05) is 42.2 Å². The molecule has 3 rings (SSSR count). The van der Waals surface area contributed by atoms with Gasteiger partial charge in [-0.2, -0.15) is 0 Å². The predicted octanol–water partition coefficient (Wildman–Crippen LogP) is 2.28. The average molecular weight is 330 g/mol. The van der Waals surface area contributed by atoms with Crippen molar-refractivity contribution in [2.24, 2.45) is 5.92 Å². The molecule has 0 unspecified atom stereocenters. The van der Waals surface area contributed by atoms with Crippen LogP contribution < -0.4 is 5.32 Å². The van der Waals surface area contributed by atoms with E-state index in [9.17, 15) is 9.59 Å². The van der Waals surface area contributed by atoms with Crippen molar-refractivity contribution in [2.75, 3.05) is 19.7 Å². The Bertz CT molecular complexity index is 571. The van der Waals surface area contributed by atoms with E-state index in [4.69, 9.17) is 4.74 Å². The van der Waals surface area contributed by atoms with E-state index in [1.54, 1.807) is 0 Å². The Labute approximate surface area is 143 Å². The lowest BCUT2D eigenvalue weighted by Crippen LogP contribution is -2.46. The van der Waals surface area contributed by atoms with Crippen LogP contribution in [0.4, 0.5) is 0 Å². The van der Waals surface area contributed by atoms with E-state index in [0.717, 1.165) is 18.4 Å². The topological polar surface area (TPSA) is 58.6 Å². The first-order chi connectivity index (χ1) is 11.6. The Morgan fingerprint density at radius 2 is 2.00 bits per heavy atom. The summed E-state index contributed by atoms with van der Waals surface area (Å²) in [5.41, 5.74) is 1.11. The molecule has 2 amide bonds. The van der Waals surface area contributed by atoms with Gasteiger partial charge in [-0.25, -0.2) is 0 Å². The van der Waals surface area contributed by atoms with Crippen LogP contribution in [-0.4, -0.2) is 42.5 Å². The molecule has 2 atom stereocenters. The van der Waals surface area contributed by atoms with E-state index in [-0.39, 0.29) is 29.9 Å². The molecule has 1 aromatic rings. The van der Waals surface area contributed by atoms with Crippen molar-refractivity contribution in [1.82, 2.24) is 10.2 Å². The maximum Gasteiger partial charge on any atom is 0.223 e. The maximum atomic E-state index is 12.7. The third-order valence-electron chi connectivity index (χ3n) is 4.69. The van der Waals surface area contributed by atoms with Crippen molar-refractivity contribution in [1.29, 1.82) is 0 Å². The fourth-order valence-electron chi connectivity index (χ4n) is 3.11. The summed E-state index contributed by atoms with van der Waals surface area (Å²) in [5, 5.41) is 2.92. The van der Waals surface area contributed by atoms with Crippen LogP contribution >= 0.6 is 0 Å². The molecule has 1 heterocycles. The molecule has 0 spiro atoms. The molecule has 1 aliphatic heterocycles. The molecule has 2 aliphatic rings. The summed E-state index contributed by atoms with van der Waals surface area (Å²) in [6.45, 7) is 3.73. The first-order valence-corrected chi connectivity index (χ1v) is 8.89. The third-order valence-corrected chi connectivity index (χ3v) is 4.69. The van der Waals surface area contributed by atoms with E-state index < -0.39 is 0 Å². The monoisotopic (exact) mass is 330 g/mol. The number of morpholine rings is 1. The number of rotatable bonds is 6. The zero-order valence-corrected chi connectivity index (χ0v) is 14.2. The van der Waals surface area contributed by atoms with Gasteiger partial charge in [-0.1, -0.05) is 30.3 Å². The summed E-state index contributed by atoms with van der Waals surface area (Å²) in [6.07, 6.45) is 3.22. The molecular formula is C19H26N2O3. The molecule has 5 heteroatoms. The van der Waals surface area contributed by atoms with Crippen LogP contribution in [-0.2, 0) is 14.3 Å². The Hall–Kier alpha value is -1.88. The Morgan fingerprint density at radius 3 is 2.71 bits per heavy atom. The molecule has 1 aromatic carbocycles. The zero-order valence-electron chi connectivity index (χ0n) is 14.2. The predicted molar refractivity (Wildman–Crippen MR) is 91.3 cm³/mol. The number of carbonyl (C=O) groups is 2. The minimum atomic E-state index is -0.0176. The van der Waals surface area contributed by atoms with Crippen molar-refractivity contribution >= 4 is 11.8 Å². The number of benzene rings is 1. The van der Waals surface area contributed by atoms with Gasteiger partial charge in [-0.3, -0.25) is 9.59 Å². The number of hydrogen-bond acceptors (Lipinski definition) is 3. The van der Waals surface area contributed by atoms with Crippen molar-refractivity contribution in [3.63, 3.8) is 0 Å². The molecule has 0 bridgehead atoms. The molecule has 1 N–H and O–H groups in total. The Morgan fingerprint density at radius 1 is 1.25 bits per heavy atom. The van der Waals surface area contributed by atoms with Gasteiger partial charge in [0.25, 0.3) is 0 Å². The summed E-state index contributed by atoms with van der Waals surface area (Å²) in [5.74, 6) is 0.507. The highest BCUT2D eigenvalue weighted by Gasteiger charge is 2.31. The number of nitrogens with zero attached hydrogens (tertiary/aromatic N) is 1. The van der Waals surface area contributed by atoms with Crippen LogP contribution in [0.5, 0.6) is 0 Å². The first-order valence-electron chi connectivity index (χ1n) is 8.89. The van der Waals surface area contributed by atoms with E-state index in [0.29, 0.717) is 32.5 Å². The minimum Gasteiger partial charge on any atom is -0.374 e. The summed E-state index contributed by atoms with van der Waals surface area (Å²) < 4.78 is 5.76. The van der Waals surface area contributed by atoms with Crippen molar-refractivity contribution in [3.8, 4) is 0 Å². The first kappa shape index (κ1) is 17.0. The summed E-state index contributed by atoms with van der Waals surface area (Å²) in [4.78, 5) is 26.2. The van der Waals surface area contributed by atoms with Gasteiger partial charge >= 0.3 is 0 Å². The highest BCUT2D eigenvalue weighted by Crippen LogP contribution is 2.29. The number of nitrogens with one attached hydrogen (secondary N) is 1. The van der Waals surface area contributed by atoms with Crippen LogP contribution in [0.1, 0.15) is 44.2 Å². The smallest absolute Gasteiger partial charge is 0.223 e. The van der Waals surface area contributed by atoms with E-state index in [1.165, 1.54) is 0 Å². The number of ether oxygens (including phenoxy) is 1.